The molecule has 2 aromatic carbocycles. The largest absolute Gasteiger partial charge is 0.497 e. The molecular weight excluding hydrogens is 356 g/mol. The van der Waals surface area contributed by atoms with Crippen molar-refractivity contribution in [3.63, 3.8) is 0 Å². The van der Waals surface area contributed by atoms with Crippen molar-refractivity contribution in [1.29, 1.82) is 0 Å². The van der Waals surface area contributed by atoms with Crippen molar-refractivity contribution in [1.82, 2.24) is 10.3 Å². The van der Waals surface area contributed by atoms with Gasteiger partial charge in [0, 0.05) is 54.7 Å². The van der Waals surface area contributed by atoms with E-state index in [-0.39, 0.29) is 11.8 Å². The van der Waals surface area contributed by atoms with Crippen LogP contribution in [0.2, 0.25) is 0 Å². The summed E-state index contributed by atoms with van der Waals surface area (Å²) in [5.74, 6) is 1.20. The molecule has 0 saturated heterocycles. The van der Waals surface area contributed by atoms with Crippen LogP contribution in [0.15, 0.2) is 48.7 Å². The number of aromatic nitrogens is 1. The molecule has 6 nitrogen and oxygen atoms in total. The third-order valence-electron chi connectivity index (χ3n) is 4.83. The van der Waals surface area contributed by atoms with E-state index in [1.54, 1.807) is 21.3 Å². The summed E-state index contributed by atoms with van der Waals surface area (Å²) < 4.78 is 16.0. The zero-order chi connectivity index (χ0) is 19.9. The second kappa shape index (κ2) is 9.28. The van der Waals surface area contributed by atoms with Gasteiger partial charge in [-0.3, -0.25) is 4.79 Å². The average molecular weight is 382 g/mol. The fourth-order valence-corrected chi connectivity index (χ4v) is 3.43. The highest BCUT2D eigenvalue weighted by Crippen LogP contribution is 2.39. The second-order valence-electron chi connectivity index (χ2n) is 6.50. The van der Waals surface area contributed by atoms with E-state index in [4.69, 9.17) is 14.2 Å². The van der Waals surface area contributed by atoms with Gasteiger partial charge in [0.1, 0.15) is 11.5 Å². The summed E-state index contributed by atoms with van der Waals surface area (Å²) >= 11 is 0. The Labute approximate surface area is 164 Å². The number of aromatic amines is 1. The number of nitrogens with one attached hydrogen (secondary N) is 2. The number of H-pyrrole nitrogens is 1. The molecule has 0 radical (unpaired) electrons. The van der Waals surface area contributed by atoms with Gasteiger partial charge in [-0.25, -0.2) is 0 Å². The van der Waals surface area contributed by atoms with E-state index in [0.717, 1.165) is 22.0 Å². The maximum absolute atomic E-state index is 12.6. The molecule has 28 heavy (non-hydrogen) atoms. The maximum atomic E-state index is 12.6. The van der Waals surface area contributed by atoms with Crippen LogP contribution in [0.3, 0.4) is 0 Å². The standard InChI is InChI=1S/C22H26N2O4/c1-26-11-10-23-22(25)13-18(17-9-8-15(27-2)12-21(17)28-3)19-14-24-20-7-5-4-6-16(19)20/h4-9,12,14,18,24H,10-11,13H2,1-3H3,(H,23,25). The second-order valence-corrected chi connectivity index (χ2v) is 6.50. The van der Waals surface area contributed by atoms with Crippen LogP contribution in [0.1, 0.15) is 23.5 Å². The Morgan fingerprint density at radius 2 is 1.89 bits per heavy atom. The number of fused-ring (bicyclic) bond motifs is 1. The highest BCUT2D eigenvalue weighted by atomic mass is 16.5. The maximum Gasteiger partial charge on any atom is 0.221 e. The number of carbonyl (C=O) groups is 1. The molecule has 0 aliphatic carbocycles. The first-order valence-electron chi connectivity index (χ1n) is 9.21. The molecule has 0 fully saturated rings. The third kappa shape index (κ3) is 4.28. The molecule has 2 N–H and O–H groups in total. The molecule has 0 saturated carbocycles. The zero-order valence-corrected chi connectivity index (χ0v) is 16.5. The minimum absolute atomic E-state index is 0.0368. The Hall–Kier alpha value is -2.99. The van der Waals surface area contributed by atoms with E-state index in [1.807, 2.05) is 42.6 Å². The lowest BCUT2D eigenvalue weighted by molar-refractivity contribution is -0.121. The first-order valence-corrected chi connectivity index (χ1v) is 9.21. The Bertz CT molecular complexity index is 935. The number of ether oxygens (including phenoxy) is 3. The van der Waals surface area contributed by atoms with Gasteiger partial charge in [-0.1, -0.05) is 24.3 Å². The monoisotopic (exact) mass is 382 g/mol. The van der Waals surface area contributed by atoms with Gasteiger partial charge < -0.3 is 24.5 Å². The molecule has 1 unspecified atom stereocenters. The topological polar surface area (TPSA) is 72.6 Å². The van der Waals surface area contributed by atoms with Crippen molar-refractivity contribution in [2.75, 3.05) is 34.5 Å². The van der Waals surface area contributed by atoms with Crippen LogP contribution in [0, 0.1) is 0 Å². The summed E-state index contributed by atoms with van der Waals surface area (Å²) in [7, 11) is 4.86. The number of hydrogen-bond donors (Lipinski definition) is 2. The minimum Gasteiger partial charge on any atom is -0.497 e. The van der Waals surface area contributed by atoms with Crippen molar-refractivity contribution in [2.24, 2.45) is 0 Å². The van der Waals surface area contributed by atoms with Gasteiger partial charge in [0.05, 0.1) is 20.8 Å². The first-order chi connectivity index (χ1) is 13.7. The van der Waals surface area contributed by atoms with E-state index < -0.39 is 0 Å². The van der Waals surface area contributed by atoms with Gasteiger partial charge in [0.2, 0.25) is 5.91 Å². The fourth-order valence-electron chi connectivity index (χ4n) is 3.43. The molecule has 0 bridgehead atoms. The molecule has 3 aromatic rings. The van der Waals surface area contributed by atoms with Crippen molar-refractivity contribution >= 4 is 16.8 Å². The molecule has 0 aliphatic rings. The van der Waals surface area contributed by atoms with Crippen molar-refractivity contribution < 1.29 is 19.0 Å². The molecule has 0 spiro atoms. The summed E-state index contributed by atoms with van der Waals surface area (Å²) in [6.45, 7) is 0.963. The number of hydrogen-bond acceptors (Lipinski definition) is 4. The highest BCUT2D eigenvalue weighted by Gasteiger charge is 2.24. The molecule has 1 heterocycles. The van der Waals surface area contributed by atoms with Crippen molar-refractivity contribution in [3.05, 3.63) is 59.8 Å². The number of rotatable bonds is 9. The van der Waals surface area contributed by atoms with E-state index in [2.05, 4.69) is 16.4 Å². The SMILES string of the molecule is COCCNC(=O)CC(c1ccc(OC)cc1OC)c1c[nH]c2ccccc12. The average Bonchev–Trinajstić information content (AvgIpc) is 3.16. The normalized spacial score (nSPS) is 12.0. The van der Waals surface area contributed by atoms with Gasteiger partial charge in [-0.15, -0.1) is 0 Å². The van der Waals surface area contributed by atoms with Crippen LogP contribution >= 0.6 is 0 Å². The van der Waals surface area contributed by atoms with Crippen LogP contribution in [0.25, 0.3) is 10.9 Å². The predicted octanol–water partition coefficient (Wildman–Crippen LogP) is 3.47. The first kappa shape index (κ1) is 19.8. The predicted molar refractivity (Wildman–Crippen MR) is 109 cm³/mol. The minimum atomic E-state index is -0.167. The van der Waals surface area contributed by atoms with E-state index in [9.17, 15) is 4.79 Å². The van der Waals surface area contributed by atoms with Gasteiger partial charge in [-0.2, -0.15) is 0 Å². The Morgan fingerprint density at radius 1 is 1.07 bits per heavy atom. The Morgan fingerprint density at radius 3 is 2.64 bits per heavy atom. The van der Waals surface area contributed by atoms with Crippen molar-refractivity contribution in [2.45, 2.75) is 12.3 Å². The van der Waals surface area contributed by atoms with Crippen LogP contribution in [0.4, 0.5) is 0 Å². The molecule has 1 aromatic heterocycles. The molecule has 1 amide bonds. The Balaban J connectivity index is 2.01. The lowest BCUT2D eigenvalue weighted by atomic mass is 9.87. The lowest BCUT2D eigenvalue weighted by Gasteiger charge is -2.20. The van der Waals surface area contributed by atoms with Crippen molar-refractivity contribution in [3.8, 4) is 11.5 Å². The van der Waals surface area contributed by atoms with E-state index >= 15 is 0 Å². The number of carbonyl (C=O) groups excluding carboxylic acids is 1. The highest BCUT2D eigenvalue weighted by molar-refractivity contribution is 5.86. The van der Waals surface area contributed by atoms with E-state index in [1.165, 1.54) is 0 Å². The molecule has 0 aliphatic heterocycles. The van der Waals surface area contributed by atoms with Crippen LogP contribution in [-0.4, -0.2) is 45.4 Å². The number of methoxy groups -OCH3 is 3. The summed E-state index contributed by atoms with van der Waals surface area (Å²) in [5.41, 5.74) is 3.03. The summed E-state index contributed by atoms with van der Waals surface area (Å²) in [6, 6.07) is 13.8. The molecule has 1 atom stereocenters. The molecule has 3 rings (SSSR count). The fraction of sp³-hybridized carbons (Fsp3) is 0.318. The zero-order valence-electron chi connectivity index (χ0n) is 16.5. The number of amides is 1. The number of para-hydroxylation sites is 1. The van der Waals surface area contributed by atoms with E-state index in [0.29, 0.717) is 31.1 Å². The summed E-state index contributed by atoms with van der Waals surface area (Å²) in [5, 5.41) is 4.01. The third-order valence-corrected chi connectivity index (χ3v) is 4.83. The van der Waals surface area contributed by atoms with Gasteiger partial charge in [0.25, 0.3) is 0 Å². The molecule has 6 heteroatoms. The van der Waals surface area contributed by atoms with Gasteiger partial charge >= 0.3 is 0 Å². The van der Waals surface area contributed by atoms with Crippen LogP contribution in [-0.2, 0) is 9.53 Å². The Kier molecular flexibility index (Phi) is 6.55. The van der Waals surface area contributed by atoms with Crippen LogP contribution < -0.4 is 14.8 Å². The summed E-state index contributed by atoms with van der Waals surface area (Å²) in [4.78, 5) is 15.9. The molecular formula is C22H26N2O4. The van der Waals surface area contributed by atoms with Gasteiger partial charge in [-0.05, 0) is 17.7 Å². The lowest BCUT2D eigenvalue weighted by Crippen LogP contribution is -2.28. The quantitative estimate of drug-likeness (QED) is 0.556. The smallest absolute Gasteiger partial charge is 0.221 e. The van der Waals surface area contributed by atoms with Crippen LogP contribution in [0.5, 0.6) is 11.5 Å². The molecule has 148 valence electrons. The van der Waals surface area contributed by atoms with Gasteiger partial charge in [0.15, 0.2) is 0 Å². The number of benzene rings is 2. The summed E-state index contributed by atoms with van der Waals surface area (Å²) in [6.07, 6.45) is 2.27.